The number of hydrogen-bond acceptors (Lipinski definition) is 2. The average Bonchev–Trinajstić information content (AvgIpc) is 3.00. The van der Waals surface area contributed by atoms with E-state index >= 15 is 0 Å². The molecule has 0 atom stereocenters. The van der Waals surface area contributed by atoms with Crippen LogP contribution in [0.25, 0.3) is 0 Å². The Morgan fingerprint density at radius 2 is 1.56 bits per heavy atom. The van der Waals surface area contributed by atoms with Gasteiger partial charge in [0.15, 0.2) is 0 Å². The second-order valence-corrected chi connectivity index (χ2v) is 5.57. The lowest BCUT2D eigenvalue weighted by Crippen LogP contribution is -2.36. The van der Waals surface area contributed by atoms with Crippen molar-refractivity contribution in [2.24, 2.45) is 5.92 Å². The minimum Gasteiger partial charge on any atom is -0.355 e. The molecule has 4 heteroatoms. The van der Waals surface area contributed by atoms with E-state index in [4.69, 9.17) is 0 Å². The minimum absolute atomic E-state index is 0.0774. The summed E-state index contributed by atoms with van der Waals surface area (Å²) in [6, 6.07) is 0.378. The SMILES string of the molecule is O=C(CCNC(=O)C1CCCC1)NC1CCCC1. The highest BCUT2D eigenvalue weighted by atomic mass is 16.2. The molecule has 0 aromatic heterocycles. The lowest BCUT2D eigenvalue weighted by Gasteiger charge is -2.13. The number of hydrogen-bond donors (Lipinski definition) is 2. The van der Waals surface area contributed by atoms with Gasteiger partial charge in [-0.15, -0.1) is 0 Å². The van der Waals surface area contributed by atoms with Gasteiger partial charge in [-0.2, -0.15) is 0 Å². The summed E-state index contributed by atoms with van der Waals surface area (Å²) in [5.74, 6) is 0.415. The highest BCUT2D eigenvalue weighted by Gasteiger charge is 2.22. The smallest absolute Gasteiger partial charge is 0.223 e. The average molecular weight is 252 g/mol. The first kappa shape index (κ1) is 13.4. The van der Waals surface area contributed by atoms with E-state index in [0.717, 1.165) is 25.7 Å². The largest absolute Gasteiger partial charge is 0.355 e. The predicted molar refractivity (Wildman–Crippen MR) is 70.0 cm³/mol. The van der Waals surface area contributed by atoms with Gasteiger partial charge in [0, 0.05) is 24.9 Å². The Kier molecular flexibility index (Phi) is 5.02. The van der Waals surface area contributed by atoms with E-state index < -0.39 is 0 Å². The van der Waals surface area contributed by atoms with Crippen LogP contribution in [0, 0.1) is 5.92 Å². The van der Waals surface area contributed by atoms with Crippen LogP contribution in [0.15, 0.2) is 0 Å². The first-order chi connectivity index (χ1) is 8.75. The van der Waals surface area contributed by atoms with E-state index in [1.165, 1.54) is 25.7 Å². The van der Waals surface area contributed by atoms with Crippen LogP contribution in [0.2, 0.25) is 0 Å². The third-order valence-electron chi connectivity index (χ3n) is 4.10. The molecular formula is C14H24N2O2. The van der Waals surface area contributed by atoms with E-state index in [1.54, 1.807) is 0 Å². The topological polar surface area (TPSA) is 58.2 Å². The van der Waals surface area contributed by atoms with Gasteiger partial charge in [0.05, 0.1) is 0 Å². The molecule has 2 rings (SSSR count). The van der Waals surface area contributed by atoms with Crippen molar-refractivity contribution in [1.82, 2.24) is 10.6 Å². The maximum Gasteiger partial charge on any atom is 0.223 e. The molecule has 0 aromatic rings. The van der Waals surface area contributed by atoms with Gasteiger partial charge in [-0.1, -0.05) is 25.7 Å². The monoisotopic (exact) mass is 252 g/mol. The summed E-state index contributed by atoms with van der Waals surface area (Å²) in [6.45, 7) is 0.480. The zero-order valence-electron chi connectivity index (χ0n) is 11.0. The molecule has 0 saturated heterocycles. The summed E-state index contributed by atoms with van der Waals surface area (Å²) >= 11 is 0. The summed E-state index contributed by atoms with van der Waals surface area (Å²) in [5.41, 5.74) is 0. The summed E-state index contributed by atoms with van der Waals surface area (Å²) in [6.07, 6.45) is 9.45. The van der Waals surface area contributed by atoms with E-state index in [9.17, 15) is 9.59 Å². The van der Waals surface area contributed by atoms with Crippen LogP contribution in [0.3, 0.4) is 0 Å². The van der Waals surface area contributed by atoms with Crippen molar-refractivity contribution in [3.63, 3.8) is 0 Å². The van der Waals surface area contributed by atoms with Gasteiger partial charge in [0.1, 0.15) is 0 Å². The van der Waals surface area contributed by atoms with Crippen LogP contribution in [0.4, 0.5) is 0 Å². The molecule has 2 N–H and O–H groups in total. The molecule has 2 fully saturated rings. The Bertz CT molecular complexity index is 292. The van der Waals surface area contributed by atoms with Gasteiger partial charge in [-0.05, 0) is 25.7 Å². The van der Waals surface area contributed by atoms with Crippen molar-refractivity contribution in [2.75, 3.05) is 6.54 Å². The molecule has 4 nitrogen and oxygen atoms in total. The molecule has 0 bridgehead atoms. The number of rotatable bonds is 5. The van der Waals surface area contributed by atoms with Crippen molar-refractivity contribution in [3.8, 4) is 0 Å². The first-order valence-corrected chi connectivity index (χ1v) is 7.33. The van der Waals surface area contributed by atoms with Crippen molar-refractivity contribution in [3.05, 3.63) is 0 Å². The quantitative estimate of drug-likeness (QED) is 0.783. The van der Waals surface area contributed by atoms with Crippen LogP contribution in [0.5, 0.6) is 0 Å². The molecule has 0 heterocycles. The molecule has 2 aliphatic carbocycles. The fourth-order valence-corrected chi connectivity index (χ4v) is 3.00. The molecule has 2 saturated carbocycles. The molecule has 0 aromatic carbocycles. The molecule has 18 heavy (non-hydrogen) atoms. The van der Waals surface area contributed by atoms with Crippen LogP contribution in [-0.4, -0.2) is 24.4 Å². The number of carbonyl (C=O) groups is 2. The maximum absolute atomic E-state index is 11.7. The molecule has 2 aliphatic rings. The highest BCUT2D eigenvalue weighted by Crippen LogP contribution is 2.24. The van der Waals surface area contributed by atoms with Gasteiger partial charge in [0.2, 0.25) is 11.8 Å². The Hall–Kier alpha value is -1.06. The van der Waals surface area contributed by atoms with Gasteiger partial charge < -0.3 is 10.6 Å². The summed E-state index contributed by atoms with van der Waals surface area (Å²) in [5, 5.41) is 5.91. The fraction of sp³-hybridized carbons (Fsp3) is 0.857. The van der Waals surface area contributed by atoms with Crippen molar-refractivity contribution in [2.45, 2.75) is 63.8 Å². The molecular weight excluding hydrogens is 228 g/mol. The lowest BCUT2D eigenvalue weighted by molar-refractivity contribution is -0.125. The molecule has 0 radical (unpaired) electrons. The van der Waals surface area contributed by atoms with E-state index in [2.05, 4.69) is 10.6 Å². The Balaban J connectivity index is 1.56. The Morgan fingerprint density at radius 3 is 2.22 bits per heavy atom. The third kappa shape index (κ3) is 4.00. The fourth-order valence-electron chi connectivity index (χ4n) is 3.00. The first-order valence-electron chi connectivity index (χ1n) is 7.33. The second-order valence-electron chi connectivity index (χ2n) is 5.57. The van der Waals surface area contributed by atoms with Crippen molar-refractivity contribution in [1.29, 1.82) is 0 Å². The standard InChI is InChI=1S/C14H24N2O2/c17-13(16-12-7-3-4-8-12)9-10-15-14(18)11-5-1-2-6-11/h11-12H,1-10H2,(H,15,18)(H,16,17). The zero-order valence-corrected chi connectivity index (χ0v) is 11.0. The summed E-state index contributed by atoms with van der Waals surface area (Å²) < 4.78 is 0. The lowest BCUT2D eigenvalue weighted by atomic mass is 10.1. The minimum atomic E-state index is 0.0774. The highest BCUT2D eigenvalue weighted by molar-refractivity contribution is 5.80. The Labute approximate surface area is 109 Å². The van der Waals surface area contributed by atoms with E-state index in [0.29, 0.717) is 19.0 Å². The van der Waals surface area contributed by atoms with Crippen molar-refractivity contribution < 1.29 is 9.59 Å². The van der Waals surface area contributed by atoms with E-state index in [1.807, 2.05) is 0 Å². The van der Waals surface area contributed by atoms with Crippen LogP contribution in [0.1, 0.15) is 57.8 Å². The van der Waals surface area contributed by atoms with Crippen LogP contribution in [-0.2, 0) is 9.59 Å². The van der Waals surface area contributed by atoms with Gasteiger partial charge >= 0.3 is 0 Å². The normalized spacial score (nSPS) is 21.1. The van der Waals surface area contributed by atoms with Crippen LogP contribution >= 0.6 is 0 Å². The van der Waals surface area contributed by atoms with Gasteiger partial charge in [-0.25, -0.2) is 0 Å². The number of carbonyl (C=O) groups excluding carboxylic acids is 2. The molecule has 0 unspecified atom stereocenters. The molecule has 2 amide bonds. The predicted octanol–water partition coefficient (Wildman–Crippen LogP) is 1.74. The van der Waals surface area contributed by atoms with Gasteiger partial charge in [0.25, 0.3) is 0 Å². The zero-order chi connectivity index (χ0) is 12.8. The molecule has 0 aliphatic heterocycles. The maximum atomic E-state index is 11.7. The second kappa shape index (κ2) is 6.76. The summed E-state index contributed by atoms with van der Waals surface area (Å²) in [7, 11) is 0. The molecule has 102 valence electrons. The Morgan fingerprint density at radius 1 is 0.944 bits per heavy atom. The summed E-state index contributed by atoms with van der Waals surface area (Å²) in [4.78, 5) is 23.4. The molecule has 0 spiro atoms. The number of amides is 2. The van der Waals surface area contributed by atoms with Crippen LogP contribution < -0.4 is 10.6 Å². The van der Waals surface area contributed by atoms with Gasteiger partial charge in [-0.3, -0.25) is 9.59 Å². The number of nitrogens with one attached hydrogen (secondary N) is 2. The van der Waals surface area contributed by atoms with E-state index in [-0.39, 0.29) is 17.7 Å². The van der Waals surface area contributed by atoms with Crippen molar-refractivity contribution >= 4 is 11.8 Å². The third-order valence-corrected chi connectivity index (χ3v) is 4.10.